The number of unbranched alkanes of at least 4 members (excludes halogenated alkanes) is 1. The molecule has 0 unspecified atom stereocenters. The zero-order valence-electron chi connectivity index (χ0n) is 14.5. The highest BCUT2D eigenvalue weighted by Crippen LogP contribution is 2.40. The molecule has 1 saturated carbocycles. The van der Waals surface area contributed by atoms with Gasteiger partial charge in [-0.1, -0.05) is 26.2 Å². The smallest absolute Gasteiger partial charge is 0.251 e. The molecule has 1 aromatic heterocycles. The summed E-state index contributed by atoms with van der Waals surface area (Å²) in [6.45, 7) is 2.23. The lowest BCUT2D eigenvalue weighted by Crippen LogP contribution is -2.28. The Balaban J connectivity index is 1.61. The van der Waals surface area contributed by atoms with Crippen molar-refractivity contribution in [2.24, 2.45) is 17.6 Å². The Hall–Kier alpha value is -1.36. The quantitative estimate of drug-likeness (QED) is 0.806. The summed E-state index contributed by atoms with van der Waals surface area (Å²) >= 11 is 1.55. The number of amides is 2. The molecule has 0 atom stereocenters. The molecule has 4 nitrogen and oxygen atoms in total. The van der Waals surface area contributed by atoms with Crippen LogP contribution in [0.1, 0.15) is 79.1 Å². The molecule has 0 radical (unpaired) electrons. The van der Waals surface area contributed by atoms with Gasteiger partial charge in [-0.2, -0.15) is 0 Å². The van der Waals surface area contributed by atoms with Gasteiger partial charge in [-0.15, -0.1) is 11.3 Å². The van der Waals surface area contributed by atoms with Crippen molar-refractivity contribution in [3.05, 3.63) is 16.0 Å². The van der Waals surface area contributed by atoms with Crippen LogP contribution in [0.5, 0.6) is 0 Å². The van der Waals surface area contributed by atoms with Crippen molar-refractivity contribution in [1.29, 1.82) is 0 Å². The number of nitrogens with two attached hydrogens (primary N) is 1. The first-order valence-corrected chi connectivity index (χ1v) is 10.2. The molecule has 2 aliphatic carbocycles. The number of primary amides is 1. The van der Waals surface area contributed by atoms with Gasteiger partial charge < -0.3 is 11.1 Å². The van der Waals surface area contributed by atoms with Crippen LogP contribution in [0.25, 0.3) is 0 Å². The van der Waals surface area contributed by atoms with E-state index in [1.165, 1.54) is 24.1 Å². The van der Waals surface area contributed by atoms with Gasteiger partial charge in [0.25, 0.3) is 5.91 Å². The lowest BCUT2D eigenvalue weighted by atomic mass is 9.79. The lowest BCUT2D eigenvalue weighted by molar-refractivity contribution is -0.121. The van der Waals surface area contributed by atoms with Crippen LogP contribution < -0.4 is 11.1 Å². The molecule has 3 N–H and O–H groups in total. The first kappa shape index (κ1) is 17.5. The Bertz CT molecular complexity index is 615. The van der Waals surface area contributed by atoms with Gasteiger partial charge in [-0.05, 0) is 56.4 Å². The number of rotatable bonds is 6. The highest BCUT2D eigenvalue weighted by molar-refractivity contribution is 7.17. The van der Waals surface area contributed by atoms with E-state index in [4.69, 9.17) is 5.73 Å². The summed E-state index contributed by atoms with van der Waals surface area (Å²) in [7, 11) is 0. The zero-order chi connectivity index (χ0) is 17.1. The fourth-order valence-electron chi connectivity index (χ4n) is 4.17. The molecule has 132 valence electrons. The summed E-state index contributed by atoms with van der Waals surface area (Å²) in [4.78, 5) is 25.7. The van der Waals surface area contributed by atoms with Crippen LogP contribution in [-0.4, -0.2) is 11.8 Å². The van der Waals surface area contributed by atoms with Crippen LogP contribution >= 0.6 is 11.3 Å². The normalized spacial score (nSPS) is 23.0. The number of fused-ring (bicyclic) bond motifs is 1. The minimum absolute atomic E-state index is 0.0753. The molecule has 1 heterocycles. The van der Waals surface area contributed by atoms with Crippen molar-refractivity contribution >= 4 is 28.2 Å². The van der Waals surface area contributed by atoms with Gasteiger partial charge in [0.2, 0.25) is 5.91 Å². The minimum atomic E-state index is -0.409. The van der Waals surface area contributed by atoms with E-state index < -0.39 is 5.91 Å². The molecule has 0 spiro atoms. The van der Waals surface area contributed by atoms with E-state index in [0.29, 0.717) is 10.6 Å². The summed E-state index contributed by atoms with van der Waals surface area (Å²) in [6, 6.07) is 0. The standard InChI is InChI=1S/C19H28N2O2S/c1-2-3-5-12-8-10-13(11-9-12)18(23)21-19-16(17(20)22)14-6-4-7-15(14)24-19/h12-13H,2-11H2,1H3,(H2,20,22)(H,21,23). The number of nitrogens with one attached hydrogen (secondary N) is 1. The van der Waals surface area contributed by atoms with Crippen LogP contribution in [-0.2, 0) is 17.6 Å². The summed E-state index contributed by atoms with van der Waals surface area (Å²) < 4.78 is 0. The van der Waals surface area contributed by atoms with Crippen molar-refractivity contribution in [3.8, 4) is 0 Å². The molecule has 0 aromatic carbocycles. The van der Waals surface area contributed by atoms with Gasteiger partial charge in [-0.25, -0.2) is 0 Å². The van der Waals surface area contributed by atoms with Crippen LogP contribution in [0.4, 0.5) is 5.00 Å². The van der Waals surface area contributed by atoms with Gasteiger partial charge in [-0.3, -0.25) is 9.59 Å². The number of carbonyl (C=O) groups is 2. The van der Waals surface area contributed by atoms with E-state index in [-0.39, 0.29) is 11.8 Å². The molecule has 0 aliphatic heterocycles. The number of thiophene rings is 1. The van der Waals surface area contributed by atoms with E-state index in [2.05, 4.69) is 12.2 Å². The maximum Gasteiger partial charge on any atom is 0.251 e. The van der Waals surface area contributed by atoms with Crippen LogP contribution in [0.3, 0.4) is 0 Å². The maximum atomic E-state index is 12.6. The Kier molecular flexibility index (Phi) is 5.59. The zero-order valence-corrected chi connectivity index (χ0v) is 15.3. The molecule has 5 heteroatoms. The summed E-state index contributed by atoms with van der Waals surface area (Å²) in [5.74, 6) is 0.542. The molecule has 2 amide bonds. The van der Waals surface area contributed by atoms with E-state index >= 15 is 0 Å². The fourth-order valence-corrected chi connectivity index (χ4v) is 5.47. The number of hydrogen-bond acceptors (Lipinski definition) is 3. The predicted molar refractivity (Wildman–Crippen MR) is 98.5 cm³/mol. The third-order valence-electron chi connectivity index (χ3n) is 5.59. The molecular formula is C19H28N2O2S. The average Bonchev–Trinajstić information content (AvgIpc) is 3.13. The second-order valence-corrected chi connectivity index (χ2v) is 8.38. The highest BCUT2D eigenvalue weighted by atomic mass is 32.1. The average molecular weight is 349 g/mol. The van der Waals surface area contributed by atoms with Gasteiger partial charge in [0, 0.05) is 10.8 Å². The topological polar surface area (TPSA) is 72.2 Å². The molecule has 0 bridgehead atoms. The fraction of sp³-hybridized carbons (Fsp3) is 0.684. The van der Waals surface area contributed by atoms with Crippen molar-refractivity contribution in [3.63, 3.8) is 0 Å². The molecule has 2 aliphatic rings. The van der Waals surface area contributed by atoms with E-state index in [1.54, 1.807) is 11.3 Å². The second kappa shape index (κ2) is 7.68. The molecule has 3 rings (SSSR count). The van der Waals surface area contributed by atoms with Gasteiger partial charge in [0.1, 0.15) is 5.00 Å². The lowest BCUT2D eigenvalue weighted by Gasteiger charge is -2.27. The molecule has 1 fully saturated rings. The van der Waals surface area contributed by atoms with E-state index in [1.807, 2.05) is 0 Å². The molecule has 0 saturated heterocycles. The van der Waals surface area contributed by atoms with E-state index in [0.717, 1.165) is 56.4 Å². The number of aryl methyl sites for hydroxylation is 1. The first-order chi connectivity index (χ1) is 11.6. The van der Waals surface area contributed by atoms with Crippen LogP contribution in [0.15, 0.2) is 0 Å². The summed E-state index contributed by atoms with van der Waals surface area (Å²) in [5, 5.41) is 3.71. The third-order valence-corrected chi connectivity index (χ3v) is 6.80. The van der Waals surface area contributed by atoms with Crippen LogP contribution in [0, 0.1) is 11.8 Å². The van der Waals surface area contributed by atoms with Crippen molar-refractivity contribution in [2.75, 3.05) is 5.32 Å². The van der Waals surface area contributed by atoms with Crippen molar-refractivity contribution in [1.82, 2.24) is 0 Å². The van der Waals surface area contributed by atoms with E-state index in [9.17, 15) is 9.59 Å². The van der Waals surface area contributed by atoms with Gasteiger partial charge in [0.05, 0.1) is 5.56 Å². The van der Waals surface area contributed by atoms with Gasteiger partial charge >= 0.3 is 0 Å². The predicted octanol–water partition coefficient (Wildman–Crippen LogP) is 4.27. The first-order valence-electron chi connectivity index (χ1n) is 9.35. The summed E-state index contributed by atoms with van der Waals surface area (Å²) in [6.07, 6.45) is 11.1. The van der Waals surface area contributed by atoms with Gasteiger partial charge in [0.15, 0.2) is 0 Å². The van der Waals surface area contributed by atoms with Crippen molar-refractivity contribution in [2.45, 2.75) is 71.1 Å². The number of anilines is 1. The third kappa shape index (κ3) is 3.66. The molecule has 1 aromatic rings. The number of hydrogen-bond donors (Lipinski definition) is 2. The second-order valence-electron chi connectivity index (χ2n) is 7.27. The van der Waals surface area contributed by atoms with Crippen molar-refractivity contribution < 1.29 is 9.59 Å². The molecule has 24 heavy (non-hydrogen) atoms. The van der Waals surface area contributed by atoms with Crippen LogP contribution in [0.2, 0.25) is 0 Å². The minimum Gasteiger partial charge on any atom is -0.365 e. The Labute approximate surface area is 148 Å². The molecular weight excluding hydrogens is 320 g/mol. The Morgan fingerprint density at radius 1 is 1.21 bits per heavy atom. The highest BCUT2D eigenvalue weighted by Gasteiger charge is 2.30. The Morgan fingerprint density at radius 2 is 1.96 bits per heavy atom. The largest absolute Gasteiger partial charge is 0.365 e. The maximum absolute atomic E-state index is 12.6. The summed E-state index contributed by atoms with van der Waals surface area (Å²) in [5.41, 5.74) is 7.21. The SMILES string of the molecule is CCCCC1CCC(C(=O)Nc2sc3c(c2C(N)=O)CCC3)CC1. The monoisotopic (exact) mass is 348 g/mol. The number of carbonyl (C=O) groups excluding carboxylic acids is 2. The Morgan fingerprint density at radius 3 is 2.62 bits per heavy atom.